The SMILES string of the molecule is Nc1ccccc1NCC(O)C(F)(F)F. The third-order valence-corrected chi connectivity index (χ3v) is 1.82. The highest BCUT2D eigenvalue weighted by Crippen LogP contribution is 2.22. The van der Waals surface area contributed by atoms with Crippen LogP contribution in [-0.2, 0) is 0 Å². The van der Waals surface area contributed by atoms with Crippen LogP contribution >= 0.6 is 0 Å². The molecule has 0 aliphatic carbocycles. The predicted molar refractivity (Wildman–Crippen MR) is 51.4 cm³/mol. The van der Waals surface area contributed by atoms with Crippen molar-refractivity contribution < 1.29 is 18.3 Å². The Bertz CT molecular complexity index is 327. The number of nitrogens with one attached hydrogen (secondary N) is 1. The minimum atomic E-state index is -4.61. The molecule has 15 heavy (non-hydrogen) atoms. The maximum atomic E-state index is 11.9. The minimum absolute atomic E-state index is 0.340. The van der Waals surface area contributed by atoms with E-state index in [1.54, 1.807) is 24.3 Å². The van der Waals surface area contributed by atoms with E-state index in [0.717, 1.165) is 0 Å². The summed E-state index contributed by atoms with van der Waals surface area (Å²) in [7, 11) is 0. The number of rotatable bonds is 3. The Morgan fingerprint density at radius 2 is 1.93 bits per heavy atom. The summed E-state index contributed by atoms with van der Waals surface area (Å²) in [5.74, 6) is 0. The lowest BCUT2D eigenvalue weighted by molar-refractivity contribution is -0.198. The van der Waals surface area contributed by atoms with Crippen LogP contribution in [0.4, 0.5) is 24.5 Å². The van der Waals surface area contributed by atoms with Gasteiger partial charge in [0, 0.05) is 6.54 Å². The highest BCUT2D eigenvalue weighted by Gasteiger charge is 2.37. The lowest BCUT2D eigenvalue weighted by atomic mass is 10.2. The third kappa shape index (κ3) is 3.32. The first kappa shape index (κ1) is 11.6. The Kier molecular flexibility index (Phi) is 3.41. The van der Waals surface area contributed by atoms with Gasteiger partial charge in [-0.3, -0.25) is 0 Å². The van der Waals surface area contributed by atoms with Crippen molar-refractivity contribution in [3.05, 3.63) is 24.3 Å². The molecular formula is C9H11F3N2O. The van der Waals surface area contributed by atoms with Crippen LogP contribution in [0, 0.1) is 0 Å². The number of para-hydroxylation sites is 2. The zero-order valence-electron chi connectivity index (χ0n) is 7.75. The molecule has 4 N–H and O–H groups in total. The molecule has 0 heterocycles. The summed E-state index contributed by atoms with van der Waals surface area (Å²) in [5.41, 5.74) is 6.21. The van der Waals surface area contributed by atoms with E-state index in [9.17, 15) is 13.2 Å². The van der Waals surface area contributed by atoms with Crippen LogP contribution in [0.3, 0.4) is 0 Å². The third-order valence-electron chi connectivity index (χ3n) is 1.82. The molecule has 0 aromatic heterocycles. The van der Waals surface area contributed by atoms with Crippen molar-refractivity contribution in [2.45, 2.75) is 12.3 Å². The number of alkyl halides is 3. The summed E-state index contributed by atoms with van der Waals surface area (Å²) in [5, 5.41) is 11.1. The molecule has 1 aromatic rings. The molecule has 6 heteroatoms. The monoisotopic (exact) mass is 220 g/mol. The Hall–Kier alpha value is -1.43. The fourth-order valence-electron chi connectivity index (χ4n) is 0.980. The van der Waals surface area contributed by atoms with E-state index in [4.69, 9.17) is 10.8 Å². The summed E-state index contributed by atoms with van der Waals surface area (Å²) < 4.78 is 35.8. The molecule has 0 spiro atoms. The summed E-state index contributed by atoms with van der Waals surface area (Å²) in [4.78, 5) is 0. The molecule has 1 atom stereocenters. The Balaban J connectivity index is 2.55. The van der Waals surface area contributed by atoms with Crippen molar-refractivity contribution >= 4 is 11.4 Å². The molecule has 0 saturated heterocycles. The number of hydrogen-bond donors (Lipinski definition) is 3. The van der Waals surface area contributed by atoms with E-state index < -0.39 is 18.8 Å². The summed E-state index contributed by atoms with van der Waals surface area (Å²) >= 11 is 0. The van der Waals surface area contributed by atoms with Crippen molar-refractivity contribution in [3.8, 4) is 0 Å². The van der Waals surface area contributed by atoms with Gasteiger partial charge >= 0.3 is 6.18 Å². The average Bonchev–Trinajstić information content (AvgIpc) is 2.14. The molecule has 0 bridgehead atoms. The van der Waals surface area contributed by atoms with Crippen LogP contribution in [0.15, 0.2) is 24.3 Å². The van der Waals surface area contributed by atoms with Crippen LogP contribution in [0.25, 0.3) is 0 Å². The number of aliphatic hydroxyl groups excluding tert-OH is 1. The molecule has 3 nitrogen and oxygen atoms in total. The fourth-order valence-corrected chi connectivity index (χ4v) is 0.980. The van der Waals surface area contributed by atoms with E-state index in [1.165, 1.54) is 0 Å². The maximum absolute atomic E-state index is 11.9. The number of hydrogen-bond acceptors (Lipinski definition) is 3. The smallest absolute Gasteiger partial charge is 0.397 e. The lowest BCUT2D eigenvalue weighted by Gasteiger charge is -2.16. The molecule has 0 aliphatic heterocycles. The van der Waals surface area contributed by atoms with E-state index in [2.05, 4.69) is 5.32 Å². The van der Waals surface area contributed by atoms with Crippen molar-refractivity contribution in [2.75, 3.05) is 17.6 Å². The topological polar surface area (TPSA) is 58.3 Å². The van der Waals surface area contributed by atoms with Gasteiger partial charge in [-0.2, -0.15) is 13.2 Å². The summed E-state index contributed by atoms with van der Waals surface area (Å²) in [6, 6.07) is 6.40. The minimum Gasteiger partial charge on any atom is -0.397 e. The number of nitrogens with two attached hydrogens (primary N) is 1. The zero-order chi connectivity index (χ0) is 11.5. The Labute approximate surface area is 84.7 Å². The second-order valence-corrected chi connectivity index (χ2v) is 3.03. The summed E-state index contributed by atoms with van der Waals surface area (Å²) in [6.45, 7) is -0.613. The molecule has 1 aromatic carbocycles. The lowest BCUT2D eigenvalue weighted by Crippen LogP contribution is -2.35. The molecule has 0 saturated carbocycles. The maximum Gasteiger partial charge on any atom is 0.416 e. The number of nitrogen functional groups attached to an aromatic ring is 1. The van der Waals surface area contributed by atoms with Crippen LogP contribution in [0.2, 0.25) is 0 Å². The van der Waals surface area contributed by atoms with Crippen LogP contribution < -0.4 is 11.1 Å². The van der Waals surface area contributed by atoms with Crippen molar-refractivity contribution in [3.63, 3.8) is 0 Å². The van der Waals surface area contributed by atoms with Crippen LogP contribution in [0.1, 0.15) is 0 Å². The first-order valence-electron chi connectivity index (χ1n) is 4.24. The van der Waals surface area contributed by atoms with Crippen molar-refractivity contribution in [1.29, 1.82) is 0 Å². The first-order chi connectivity index (χ1) is 6.91. The Morgan fingerprint density at radius 3 is 2.47 bits per heavy atom. The van der Waals surface area contributed by atoms with Gasteiger partial charge in [-0.05, 0) is 12.1 Å². The van der Waals surface area contributed by atoms with Gasteiger partial charge in [0.15, 0.2) is 6.10 Å². The van der Waals surface area contributed by atoms with E-state index in [0.29, 0.717) is 11.4 Å². The number of halogens is 3. The molecule has 0 fully saturated rings. The predicted octanol–water partition coefficient (Wildman–Crippen LogP) is 1.60. The van der Waals surface area contributed by atoms with Gasteiger partial charge < -0.3 is 16.2 Å². The fraction of sp³-hybridized carbons (Fsp3) is 0.333. The second kappa shape index (κ2) is 4.39. The van der Waals surface area contributed by atoms with Gasteiger partial charge in [0.2, 0.25) is 0 Å². The second-order valence-electron chi connectivity index (χ2n) is 3.03. The van der Waals surface area contributed by atoms with E-state index in [-0.39, 0.29) is 0 Å². The summed E-state index contributed by atoms with van der Waals surface area (Å²) in [6.07, 6.45) is -7.01. The molecule has 0 radical (unpaired) electrons. The van der Waals surface area contributed by atoms with Crippen molar-refractivity contribution in [1.82, 2.24) is 0 Å². The molecule has 1 unspecified atom stereocenters. The van der Waals surface area contributed by atoms with E-state index in [1.807, 2.05) is 0 Å². The highest BCUT2D eigenvalue weighted by molar-refractivity contribution is 5.65. The number of benzene rings is 1. The highest BCUT2D eigenvalue weighted by atomic mass is 19.4. The van der Waals surface area contributed by atoms with Gasteiger partial charge in [0.25, 0.3) is 0 Å². The molecule has 84 valence electrons. The van der Waals surface area contributed by atoms with Gasteiger partial charge in [0.1, 0.15) is 0 Å². The largest absolute Gasteiger partial charge is 0.416 e. The molecule has 0 aliphatic rings. The van der Waals surface area contributed by atoms with Crippen molar-refractivity contribution in [2.24, 2.45) is 0 Å². The van der Waals surface area contributed by atoms with Gasteiger partial charge in [-0.15, -0.1) is 0 Å². The van der Waals surface area contributed by atoms with Crippen LogP contribution in [0.5, 0.6) is 0 Å². The van der Waals surface area contributed by atoms with Gasteiger partial charge in [-0.1, -0.05) is 12.1 Å². The quantitative estimate of drug-likeness (QED) is 0.678. The Morgan fingerprint density at radius 1 is 1.33 bits per heavy atom. The van der Waals surface area contributed by atoms with Crippen LogP contribution in [-0.4, -0.2) is 23.9 Å². The van der Waals surface area contributed by atoms with E-state index >= 15 is 0 Å². The van der Waals surface area contributed by atoms with Gasteiger partial charge in [0.05, 0.1) is 11.4 Å². The van der Waals surface area contributed by atoms with Gasteiger partial charge in [-0.25, -0.2) is 0 Å². The normalized spacial score (nSPS) is 13.6. The molecular weight excluding hydrogens is 209 g/mol. The average molecular weight is 220 g/mol. The number of aliphatic hydroxyl groups is 1. The standard InChI is InChI=1S/C9H11F3N2O/c10-9(11,12)8(15)5-14-7-4-2-1-3-6(7)13/h1-4,8,14-15H,5,13H2. The first-order valence-corrected chi connectivity index (χ1v) is 4.24. The number of anilines is 2. The molecule has 0 amide bonds. The molecule has 1 rings (SSSR count). The zero-order valence-corrected chi connectivity index (χ0v) is 7.75.